The van der Waals surface area contributed by atoms with Gasteiger partial charge in [0.05, 0.1) is 35.3 Å². The highest BCUT2D eigenvalue weighted by molar-refractivity contribution is 6.49. The second-order valence-electron chi connectivity index (χ2n) is 8.22. The highest BCUT2D eigenvalue weighted by Crippen LogP contribution is 2.30. The highest BCUT2D eigenvalue weighted by Gasteiger charge is 2.26. The minimum absolute atomic E-state index is 0. The first kappa shape index (κ1) is 27.7. The Morgan fingerprint density at radius 3 is 2.31 bits per heavy atom. The number of hydrogen-bond acceptors (Lipinski definition) is 6. The molecule has 1 aliphatic rings. The van der Waals surface area contributed by atoms with Crippen molar-refractivity contribution in [3.05, 3.63) is 70.4 Å². The Hall–Kier alpha value is -3.58. The maximum absolute atomic E-state index is 12.9. The van der Waals surface area contributed by atoms with Gasteiger partial charge >= 0.3 is 0 Å². The van der Waals surface area contributed by atoms with Crippen LogP contribution >= 0.6 is 11.6 Å². The topological polar surface area (TPSA) is 80.2 Å². The van der Waals surface area contributed by atoms with Gasteiger partial charge in [0, 0.05) is 25.3 Å². The maximum Gasteiger partial charge on any atom is 0.255 e. The van der Waals surface area contributed by atoms with Gasteiger partial charge in [0.25, 0.3) is 5.91 Å². The van der Waals surface area contributed by atoms with Crippen LogP contribution in [-0.2, 0) is 4.79 Å². The van der Waals surface area contributed by atoms with E-state index in [-0.39, 0.29) is 24.3 Å². The van der Waals surface area contributed by atoms with Gasteiger partial charge in [-0.05, 0) is 74.9 Å². The largest absolute Gasteiger partial charge is 0.493 e. The van der Waals surface area contributed by atoms with E-state index in [0.717, 1.165) is 5.69 Å². The van der Waals surface area contributed by atoms with Crippen LogP contribution in [0.3, 0.4) is 0 Å². The molecule has 0 saturated carbocycles. The summed E-state index contributed by atoms with van der Waals surface area (Å²) in [6, 6.07) is 12.5. The Balaban J connectivity index is 0.00000432. The molecule has 0 aromatic heterocycles. The predicted octanol–water partition coefficient (Wildman–Crippen LogP) is 5.67. The number of nitrogens with zero attached hydrogens (tertiary/aromatic N) is 2. The summed E-state index contributed by atoms with van der Waals surface area (Å²) in [5.74, 6) is -0.00494. The summed E-state index contributed by atoms with van der Waals surface area (Å²) in [4.78, 5) is 32.3. The normalized spacial score (nSPS) is 14.5. The fourth-order valence-corrected chi connectivity index (χ4v) is 3.44. The number of ketones is 1. The number of halogens is 1. The highest BCUT2D eigenvalue weighted by atomic mass is 35.5. The van der Waals surface area contributed by atoms with Crippen LogP contribution in [0.4, 0.5) is 11.4 Å². The van der Waals surface area contributed by atoms with Crippen LogP contribution < -0.4 is 19.7 Å². The molecular weight excluding hydrogens is 466 g/mol. The number of rotatable bonds is 7. The average Bonchev–Trinajstić information content (AvgIpc) is 2.80. The van der Waals surface area contributed by atoms with Crippen LogP contribution in [0.2, 0.25) is 0 Å². The Kier molecular flexibility index (Phi) is 9.25. The van der Waals surface area contributed by atoms with Crippen molar-refractivity contribution in [3.8, 4) is 11.5 Å². The predicted molar refractivity (Wildman–Crippen MR) is 142 cm³/mol. The summed E-state index contributed by atoms with van der Waals surface area (Å²) in [5, 5.41) is 2.67. The average molecular weight is 498 g/mol. The first-order valence-corrected chi connectivity index (χ1v) is 11.1. The van der Waals surface area contributed by atoms with Gasteiger partial charge in [0.15, 0.2) is 11.5 Å². The van der Waals surface area contributed by atoms with Crippen molar-refractivity contribution < 1.29 is 19.1 Å². The molecule has 1 amide bonds. The summed E-state index contributed by atoms with van der Waals surface area (Å²) in [6.45, 7) is 5.52. The standard InChI is InChI=1S/C26H28ClN3O4.CH4/c1-15(2)34-22-12-7-17(13-23(22)33-6)26(32)29-21-14-20(16(3)24(27)25(21)31)28-18-8-10-19(11-9-18)30(4)5;/h7-15H,1-6H3,(H,29,32);1H4. The maximum atomic E-state index is 12.9. The lowest BCUT2D eigenvalue weighted by Gasteiger charge is -2.18. The number of nitrogens with one attached hydrogen (secondary N) is 1. The molecule has 3 rings (SSSR count). The van der Waals surface area contributed by atoms with Crippen LogP contribution in [-0.4, -0.2) is 44.7 Å². The molecule has 7 nitrogen and oxygen atoms in total. The van der Waals surface area contributed by atoms with E-state index in [0.29, 0.717) is 34.0 Å². The van der Waals surface area contributed by atoms with Gasteiger partial charge in [-0.1, -0.05) is 19.0 Å². The van der Waals surface area contributed by atoms with Crippen LogP contribution in [0.25, 0.3) is 0 Å². The van der Waals surface area contributed by atoms with Crippen molar-refractivity contribution in [1.29, 1.82) is 0 Å². The first-order chi connectivity index (χ1) is 16.1. The molecule has 0 bridgehead atoms. The molecule has 186 valence electrons. The van der Waals surface area contributed by atoms with Gasteiger partial charge in [-0.25, -0.2) is 4.99 Å². The Bertz CT molecular complexity index is 1200. The van der Waals surface area contributed by atoms with Gasteiger partial charge in [0.2, 0.25) is 5.78 Å². The number of ether oxygens (including phenoxy) is 2. The summed E-state index contributed by atoms with van der Waals surface area (Å²) in [7, 11) is 5.41. The van der Waals surface area contributed by atoms with E-state index in [9.17, 15) is 9.59 Å². The Labute approximate surface area is 212 Å². The lowest BCUT2D eigenvalue weighted by Crippen LogP contribution is -2.31. The van der Waals surface area contributed by atoms with Crippen molar-refractivity contribution in [2.45, 2.75) is 34.3 Å². The van der Waals surface area contributed by atoms with Crippen molar-refractivity contribution in [3.63, 3.8) is 0 Å². The van der Waals surface area contributed by atoms with Crippen LogP contribution in [0, 0.1) is 0 Å². The minimum Gasteiger partial charge on any atom is -0.493 e. The van der Waals surface area contributed by atoms with E-state index < -0.39 is 11.7 Å². The molecule has 0 heterocycles. The molecule has 0 fully saturated rings. The monoisotopic (exact) mass is 497 g/mol. The Morgan fingerprint density at radius 1 is 1.09 bits per heavy atom. The van der Waals surface area contributed by atoms with Gasteiger partial charge in [-0.3, -0.25) is 9.59 Å². The first-order valence-electron chi connectivity index (χ1n) is 10.8. The molecule has 1 N–H and O–H groups in total. The second kappa shape index (κ2) is 11.7. The third-order valence-corrected chi connectivity index (χ3v) is 5.55. The van der Waals surface area contributed by atoms with Crippen molar-refractivity contribution >= 4 is 40.4 Å². The molecule has 0 saturated heterocycles. The second-order valence-corrected chi connectivity index (χ2v) is 8.60. The van der Waals surface area contributed by atoms with E-state index >= 15 is 0 Å². The van der Waals surface area contributed by atoms with E-state index in [1.807, 2.05) is 57.1 Å². The quantitative estimate of drug-likeness (QED) is 0.499. The lowest BCUT2D eigenvalue weighted by molar-refractivity contribution is -0.112. The molecule has 2 aromatic rings. The zero-order chi connectivity index (χ0) is 25.0. The van der Waals surface area contributed by atoms with Crippen molar-refractivity contribution in [2.75, 3.05) is 26.1 Å². The molecule has 0 atom stereocenters. The van der Waals surface area contributed by atoms with Gasteiger partial charge < -0.3 is 19.7 Å². The number of allylic oxidation sites excluding steroid dienone is 3. The molecule has 0 aliphatic heterocycles. The molecule has 2 aromatic carbocycles. The zero-order valence-electron chi connectivity index (χ0n) is 20.1. The van der Waals surface area contributed by atoms with Gasteiger partial charge in [-0.2, -0.15) is 0 Å². The Morgan fingerprint density at radius 2 is 1.74 bits per heavy atom. The van der Waals surface area contributed by atoms with Gasteiger partial charge in [-0.15, -0.1) is 0 Å². The molecule has 8 heteroatoms. The van der Waals surface area contributed by atoms with Crippen molar-refractivity contribution in [2.24, 2.45) is 4.99 Å². The SMILES string of the molecule is C.COc1cc(C(=O)NC2=CC(=Nc3ccc(N(C)C)cc3)C(C)=C(Cl)C2=O)ccc1OC(C)C. The number of methoxy groups -OCH3 is 1. The number of aliphatic imine (C=N–C) groups is 1. The fourth-order valence-electron chi connectivity index (χ4n) is 3.24. The number of benzene rings is 2. The number of anilines is 1. The third-order valence-electron chi connectivity index (χ3n) is 5.09. The summed E-state index contributed by atoms with van der Waals surface area (Å²) in [6.07, 6.45) is 1.49. The molecule has 1 aliphatic carbocycles. The molecule has 0 spiro atoms. The van der Waals surface area contributed by atoms with E-state index in [4.69, 9.17) is 21.1 Å². The van der Waals surface area contributed by atoms with E-state index in [2.05, 4.69) is 10.3 Å². The third kappa shape index (κ3) is 6.51. The summed E-state index contributed by atoms with van der Waals surface area (Å²) in [5.41, 5.74) is 3.13. The molecular formula is C27H32ClN3O4. The van der Waals surface area contributed by atoms with Crippen molar-refractivity contribution in [1.82, 2.24) is 5.32 Å². The number of carbonyl (C=O) groups excluding carboxylic acids is 2. The number of amides is 1. The number of carbonyl (C=O) groups is 2. The zero-order valence-corrected chi connectivity index (χ0v) is 20.9. The molecule has 0 radical (unpaired) electrons. The summed E-state index contributed by atoms with van der Waals surface area (Å²) >= 11 is 6.30. The van der Waals surface area contributed by atoms with Crippen LogP contribution in [0.5, 0.6) is 11.5 Å². The number of hydrogen-bond donors (Lipinski definition) is 1. The smallest absolute Gasteiger partial charge is 0.255 e. The lowest BCUT2D eigenvalue weighted by atomic mass is 10.0. The van der Waals surface area contributed by atoms with Crippen LogP contribution in [0.15, 0.2) is 69.8 Å². The molecule has 35 heavy (non-hydrogen) atoms. The fraction of sp³-hybridized carbons (Fsp3) is 0.296. The van der Waals surface area contributed by atoms with E-state index in [1.54, 1.807) is 25.1 Å². The van der Waals surface area contributed by atoms with E-state index in [1.165, 1.54) is 13.2 Å². The minimum atomic E-state index is -0.479. The molecule has 0 unspecified atom stereocenters. The van der Waals surface area contributed by atoms with Crippen LogP contribution in [0.1, 0.15) is 38.6 Å². The number of Topliss-reactive ketones (excluding diaryl/α,β-unsaturated/α-hetero) is 1. The van der Waals surface area contributed by atoms with Gasteiger partial charge in [0.1, 0.15) is 0 Å². The summed E-state index contributed by atoms with van der Waals surface area (Å²) < 4.78 is 11.0.